The summed E-state index contributed by atoms with van der Waals surface area (Å²) in [7, 11) is 0. The van der Waals surface area contributed by atoms with Crippen molar-refractivity contribution in [2.75, 3.05) is 37.7 Å². The number of ether oxygens (including phenoxy) is 1. The molecule has 6 heteroatoms. The Balaban J connectivity index is 1.79. The van der Waals surface area contributed by atoms with Gasteiger partial charge in [-0.15, -0.1) is 0 Å². The highest BCUT2D eigenvalue weighted by Gasteiger charge is 2.32. The maximum absolute atomic E-state index is 14.4. The normalized spacial score (nSPS) is 26.0. The number of nitrogens with two attached hydrogens (primary N) is 1. The topological polar surface area (TPSA) is 67.6 Å². The lowest BCUT2D eigenvalue weighted by atomic mass is 9.95. The van der Waals surface area contributed by atoms with E-state index >= 15 is 0 Å². The second-order valence-corrected chi connectivity index (χ2v) is 5.54. The third kappa shape index (κ3) is 2.87. The molecule has 2 aliphatic rings. The maximum atomic E-state index is 14.4. The largest absolute Gasteiger partial charge is 0.378 e. The molecule has 2 atom stereocenters. The average Bonchev–Trinajstić information content (AvgIpc) is 2.89. The summed E-state index contributed by atoms with van der Waals surface area (Å²) < 4.78 is 19.6. The summed E-state index contributed by atoms with van der Waals surface area (Å²) in [5.74, 6) is -0.644. The van der Waals surface area contributed by atoms with Crippen LogP contribution >= 0.6 is 0 Å². The molecular weight excluding hydrogens is 273 g/mol. The highest BCUT2D eigenvalue weighted by Crippen LogP contribution is 2.30. The molecule has 5 nitrogen and oxygen atoms in total. The van der Waals surface area contributed by atoms with E-state index in [-0.39, 0.29) is 23.7 Å². The molecule has 0 spiro atoms. The van der Waals surface area contributed by atoms with Crippen molar-refractivity contribution in [1.29, 1.82) is 0 Å². The van der Waals surface area contributed by atoms with Gasteiger partial charge in [-0.05, 0) is 24.1 Å². The Morgan fingerprint density at radius 2 is 2.14 bits per heavy atom. The van der Waals surface area contributed by atoms with E-state index in [2.05, 4.69) is 5.32 Å². The van der Waals surface area contributed by atoms with Crippen LogP contribution in [-0.2, 0) is 9.53 Å². The average molecular weight is 293 g/mol. The first kappa shape index (κ1) is 14.3. The number of halogens is 1. The quantitative estimate of drug-likeness (QED) is 0.856. The molecule has 2 fully saturated rings. The minimum Gasteiger partial charge on any atom is -0.378 e. The third-order valence-corrected chi connectivity index (χ3v) is 4.19. The Morgan fingerprint density at radius 3 is 2.76 bits per heavy atom. The number of hydrogen-bond donors (Lipinski definition) is 2. The lowest BCUT2D eigenvalue weighted by Crippen LogP contribution is -2.36. The molecule has 0 radical (unpaired) electrons. The summed E-state index contributed by atoms with van der Waals surface area (Å²) >= 11 is 0. The van der Waals surface area contributed by atoms with Crippen LogP contribution in [0.1, 0.15) is 17.9 Å². The van der Waals surface area contributed by atoms with Crippen LogP contribution in [0.5, 0.6) is 0 Å². The molecule has 3 N–H and O–H groups in total. The molecule has 3 rings (SSSR count). The molecule has 0 saturated carbocycles. The second kappa shape index (κ2) is 5.99. The van der Waals surface area contributed by atoms with Crippen LogP contribution in [0.4, 0.5) is 10.1 Å². The van der Waals surface area contributed by atoms with E-state index in [1.807, 2.05) is 11.0 Å². The zero-order valence-electron chi connectivity index (χ0n) is 11.8. The molecule has 1 unspecified atom stereocenters. The summed E-state index contributed by atoms with van der Waals surface area (Å²) in [6.45, 7) is 3.02. The van der Waals surface area contributed by atoms with Gasteiger partial charge in [0.05, 0.1) is 24.8 Å². The lowest BCUT2D eigenvalue weighted by Gasteiger charge is -2.29. The number of carbonyl (C=O) groups is 1. The number of anilines is 1. The van der Waals surface area contributed by atoms with Gasteiger partial charge in [-0.3, -0.25) is 4.79 Å². The highest BCUT2D eigenvalue weighted by molar-refractivity contribution is 5.86. The fourth-order valence-corrected chi connectivity index (χ4v) is 3.00. The first-order chi connectivity index (χ1) is 10.2. The molecule has 2 heterocycles. The smallest absolute Gasteiger partial charge is 0.227 e. The Bertz CT molecular complexity index is 532. The van der Waals surface area contributed by atoms with Crippen LogP contribution in [-0.4, -0.2) is 44.8 Å². The second-order valence-electron chi connectivity index (χ2n) is 5.54. The maximum Gasteiger partial charge on any atom is 0.227 e. The fraction of sp³-hybridized carbons (Fsp3) is 0.533. The van der Waals surface area contributed by atoms with Crippen molar-refractivity contribution in [2.24, 2.45) is 5.73 Å². The van der Waals surface area contributed by atoms with E-state index in [0.717, 1.165) is 5.56 Å². The SMILES string of the molecule is NCC1C[C@@H](c2ccc(N3CCOCC3)c(F)c2)C(=O)N1. The number of rotatable bonds is 3. The van der Waals surface area contributed by atoms with Gasteiger partial charge in [0.2, 0.25) is 5.91 Å². The standard InChI is InChI=1S/C15H20FN3O2/c16-13-7-10(12-8-11(9-17)18-15(12)20)1-2-14(13)19-3-5-21-6-4-19/h1-2,7,11-12H,3-6,8-9,17H2,(H,18,20)/t11?,12-/m0/s1. The predicted octanol–water partition coefficient (Wildman–Crippen LogP) is 0.593. The van der Waals surface area contributed by atoms with Gasteiger partial charge < -0.3 is 20.7 Å². The van der Waals surface area contributed by atoms with Gasteiger partial charge in [0.1, 0.15) is 5.82 Å². The van der Waals surface area contributed by atoms with Gasteiger partial charge in [-0.25, -0.2) is 4.39 Å². The summed E-state index contributed by atoms with van der Waals surface area (Å²) in [4.78, 5) is 13.9. The molecule has 0 aliphatic carbocycles. The molecule has 21 heavy (non-hydrogen) atoms. The minimum atomic E-state index is -0.299. The van der Waals surface area contributed by atoms with E-state index in [0.29, 0.717) is 45.0 Å². The van der Waals surface area contributed by atoms with Crippen molar-refractivity contribution >= 4 is 11.6 Å². The first-order valence-electron chi connectivity index (χ1n) is 7.31. The number of nitrogens with zero attached hydrogens (tertiary/aromatic N) is 1. The molecule has 114 valence electrons. The third-order valence-electron chi connectivity index (χ3n) is 4.19. The van der Waals surface area contributed by atoms with Gasteiger partial charge in [0.25, 0.3) is 0 Å². The number of nitrogens with one attached hydrogen (secondary N) is 1. The Morgan fingerprint density at radius 1 is 1.38 bits per heavy atom. The van der Waals surface area contributed by atoms with E-state index < -0.39 is 0 Å². The zero-order valence-corrected chi connectivity index (χ0v) is 11.8. The van der Waals surface area contributed by atoms with Crippen LogP contribution in [0.25, 0.3) is 0 Å². The van der Waals surface area contributed by atoms with Crippen LogP contribution in [0.15, 0.2) is 18.2 Å². The fourth-order valence-electron chi connectivity index (χ4n) is 3.00. The van der Waals surface area contributed by atoms with E-state index in [9.17, 15) is 9.18 Å². The van der Waals surface area contributed by atoms with Gasteiger partial charge in [-0.2, -0.15) is 0 Å². The molecule has 1 amide bonds. The van der Waals surface area contributed by atoms with Gasteiger partial charge >= 0.3 is 0 Å². The first-order valence-corrected chi connectivity index (χ1v) is 7.31. The highest BCUT2D eigenvalue weighted by atomic mass is 19.1. The van der Waals surface area contributed by atoms with Crippen LogP contribution < -0.4 is 16.0 Å². The number of benzene rings is 1. The lowest BCUT2D eigenvalue weighted by molar-refractivity contribution is -0.120. The van der Waals surface area contributed by atoms with Gasteiger partial charge in [-0.1, -0.05) is 6.07 Å². The van der Waals surface area contributed by atoms with Crippen LogP contribution in [0.2, 0.25) is 0 Å². The molecule has 2 aliphatic heterocycles. The van der Waals surface area contributed by atoms with E-state index in [1.165, 1.54) is 6.07 Å². The molecule has 0 bridgehead atoms. The summed E-state index contributed by atoms with van der Waals surface area (Å²) in [6, 6.07) is 5.08. The number of hydrogen-bond acceptors (Lipinski definition) is 4. The molecule has 0 aromatic heterocycles. The predicted molar refractivity (Wildman–Crippen MR) is 77.8 cm³/mol. The number of amides is 1. The summed E-state index contributed by atoms with van der Waals surface area (Å²) in [6.07, 6.45) is 0.631. The van der Waals surface area contributed by atoms with Gasteiger partial charge in [0.15, 0.2) is 0 Å². The Labute approximate surface area is 123 Å². The molecule has 2 saturated heterocycles. The van der Waals surface area contributed by atoms with Crippen molar-refractivity contribution in [1.82, 2.24) is 5.32 Å². The zero-order chi connectivity index (χ0) is 14.8. The molecule has 1 aromatic rings. The van der Waals surface area contributed by atoms with Crippen molar-refractivity contribution < 1.29 is 13.9 Å². The number of carbonyl (C=O) groups excluding carboxylic acids is 1. The molecule has 1 aromatic carbocycles. The van der Waals surface area contributed by atoms with Crippen LogP contribution in [0.3, 0.4) is 0 Å². The van der Waals surface area contributed by atoms with Crippen molar-refractivity contribution in [2.45, 2.75) is 18.4 Å². The summed E-state index contributed by atoms with van der Waals surface area (Å²) in [5.41, 5.74) is 6.88. The van der Waals surface area contributed by atoms with Crippen molar-refractivity contribution in [3.63, 3.8) is 0 Å². The Hall–Kier alpha value is -1.66. The van der Waals surface area contributed by atoms with Gasteiger partial charge in [0, 0.05) is 25.7 Å². The summed E-state index contributed by atoms with van der Waals surface area (Å²) in [5, 5.41) is 2.84. The Kier molecular flexibility index (Phi) is 4.07. The molecular formula is C15H20FN3O2. The van der Waals surface area contributed by atoms with Crippen molar-refractivity contribution in [3.05, 3.63) is 29.6 Å². The van der Waals surface area contributed by atoms with Crippen LogP contribution in [0, 0.1) is 5.82 Å². The minimum absolute atomic E-state index is 0.00974. The number of morpholine rings is 1. The van der Waals surface area contributed by atoms with E-state index in [4.69, 9.17) is 10.5 Å². The monoisotopic (exact) mass is 293 g/mol. The van der Waals surface area contributed by atoms with Crippen molar-refractivity contribution in [3.8, 4) is 0 Å². The van der Waals surface area contributed by atoms with E-state index in [1.54, 1.807) is 6.07 Å².